The molecular weight excluding hydrogens is 576 g/mol. The minimum absolute atomic E-state index is 0.0586. The van der Waals surface area contributed by atoms with Crippen LogP contribution in [0.15, 0.2) is 48.6 Å². The van der Waals surface area contributed by atoms with Gasteiger partial charge in [0.2, 0.25) is 0 Å². The van der Waals surface area contributed by atoms with E-state index < -0.39 is 18.7 Å². The number of unbranched alkanes of at least 4 members (excludes halogenated alkanes) is 12. The normalized spacial score (nSPS) is 13.3. The van der Waals surface area contributed by atoms with Gasteiger partial charge in [-0.1, -0.05) is 147 Å². The Morgan fingerprint density at radius 3 is 1.91 bits per heavy atom. The first kappa shape index (κ1) is 43.5. The van der Waals surface area contributed by atoms with E-state index >= 15 is 0 Å². The van der Waals surface area contributed by atoms with Gasteiger partial charge < -0.3 is 14.6 Å². The predicted octanol–water partition coefficient (Wildman–Crippen LogP) is 10.5. The molecule has 2 atom stereocenters. The molecule has 1 unspecified atom stereocenters. The maximum Gasteiger partial charge on any atom is 0.306 e. The number of ketones is 1. The number of hydrogen-bond acceptors (Lipinski definition) is 6. The molecule has 0 rings (SSSR count). The van der Waals surface area contributed by atoms with E-state index in [1.165, 1.54) is 83.1 Å². The predicted molar refractivity (Wildman–Crippen MR) is 192 cm³/mol. The Morgan fingerprint density at radius 2 is 1.26 bits per heavy atom. The van der Waals surface area contributed by atoms with Crippen LogP contribution in [-0.4, -0.2) is 42.1 Å². The second-order valence-electron chi connectivity index (χ2n) is 12.6. The third-order valence-corrected chi connectivity index (χ3v) is 8.14. The summed E-state index contributed by atoms with van der Waals surface area (Å²) in [6.45, 7) is 6.24. The lowest BCUT2D eigenvalue weighted by molar-refractivity contribution is -0.161. The topological polar surface area (TPSA) is 89.9 Å². The zero-order valence-electron chi connectivity index (χ0n) is 29.7. The summed E-state index contributed by atoms with van der Waals surface area (Å²) in [4.78, 5) is 36.2. The van der Waals surface area contributed by atoms with Crippen LogP contribution < -0.4 is 0 Å². The molecule has 0 saturated heterocycles. The Balaban J connectivity index is 3.81. The number of rotatable bonds is 32. The van der Waals surface area contributed by atoms with E-state index in [4.69, 9.17) is 9.47 Å². The first-order valence-corrected chi connectivity index (χ1v) is 18.5. The van der Waals surface area contributed by atoms with E-state index in [2.05, 4.69) is 45.1 Å². The van der Waals surface area contributed by atoms with Crippen molar-refractivity contribution < 1.29 is 29.0 Å². The molecule has 6 heteroatoms. The molecular formula is C40H68O6. The van der Waals surface area contributed by atoms with Crippen molar-refractivity contribution in [3.05, 3.63) is 48.6 Å². The molecule has 0 aromatic rings. The van der Waals surface area contributed by atoms with Crippen molar-refractivity contribution in [1.29, 1.82) is 0 Å². The second-order valence-corrected chi connectivity index (χ2v) is 12.6. The molecule has 0 bridgehead atoms. The fourth-order valence-electron chi connectivity index (χ4n) is 4.89. The Hall–Kier alpha value is -2.47. The van der Waals surface area contributed by atoms with Crippen LogP contribution in [0.3, 0.4) is 0 Å². The molecule has 0 fully saturated rings. The van der Waals surface area contributed by atoms with Crippen molar-refractivity contribution in [2.75, 3.05) is 13.2 Å². The van der Waals surface area contributed by atoms with Crippen LogP contribution in [0.5, 0.6) is 0 Å². The molecule has 0 aromatic carbocycles. The molecule has 0 aromatic heterocycles. The Labute approximate surface area is 282 Å². The highest BCUT2D eigenvalue weighted by Gasteiger charge is 2.16. The summed E-state index contributed by atoms with van der Waals surface area (Å²) in [7, 11) is 0. The summed E-state index contributed by atoms with van der Waals surface area (Å²) in [6.07, 6.45) is 37.3. The number of allylic oxidation sites excluding steroid dienone is 8. The van der Waals surface area contributed by atoms with Gasteiger partial charge in [0.05, 0.1) is 6.61 Å². The van der Waals surface area contributed by atoms with Crippen LogP contribution in [0.4, 0.5) is 0 Å². The van der Waals surface area contributed by atoms with Crippen molar-refractivity contribution in [3.63, 3.8) is 0 Å². The molecule has 0 aliphatic carbocycles. The largest absolute Gasteiger partial charge is 0.462 e. The zero-order chi connectivity index (χ0) is 33.9. The molecule has 0 radical (unpaired) electrons. The highest BCUT2D eigenvalue weighted by molar-refractivity contribution is 5.90. The number of aliphatic hydroxyl groups is 1. The summed E-state index contributed by atoms with van der Waals surface area (Å²) in [5.74, 6) is -0.0422. The lowest BCUT2D eigenvalue weighted by Gasteiger charge is -2.15. The molecule has 46 heavy (non-hydrogen) atoms. The van der Waals surface area contributed by atoms with Gasteiger partial charge in [0.15, 0.2) is 11.9 Å². The van der Waals surface area contributed by atoms with Gasteiger partial charge in [0.25, 0.3) is 0 Å². The van der Waals surface area contributed by atoms with E-state index in [1.54, 1.807) is 6.08 Å². The quantitative estimate of drug-likeness (QED) is 0.0258. The summed E-state index contributed by atoms with van der Waals surface area (Å²) in [5.41, 5.74) is 0. The van der Waals surface area contributed by atoms with E-state index in [-0.39, 0.29) is 31.2 Å². The minimum atomic E-state index is -0.886. The van der Waals surface area contributed by atoms with Gasteiger partial charge in [0, 0.05) is 19.3 Å². The molecule has 0 aliphatic rings. The molecule has 6 nitrogen and oxygen atoms in total. The summed E-state index contributed by atoms with van der Waals surface area (Å²) < 4.78 is 10.4. The SMILES string of the molecule is CCCCC/C=C\C/C=C\C/C=C\C=C\C(=O)CCCC(=O)O[C@@H](CO)COC(=O)CCCCCCCCCCCCC(C)CC. The third-order valence-electron chi connectivity index (χ3n) is 8.14. The van der Waals surface area contributed by atoms with Gasteiger partial charge in [-0.15, -0.1) is 0 Å². The summed E-state index contributed by atoms with van der Waals surface area (Å²) in [6, 6.07) is 0. The molecule has 0 spiro atoms. The van der Waals surface area contributed by atoms with Crippen LogP contribution in [0.25, 0.3) is 0 Å². The van der Waals surface area contributed by atoms with Gasteiger partial charge in [0.1, 0.15) is 6.61 Å². The molecule has 264 valence electrons. The molecule has 0 heterocycles. The average Bonchev–Trinajstić information content (AvgIpc) is 3.05. The zero-order valence-corrected chi connectivity index (χ0v) is 29.7. The Morgan fingerprint density at radius 1 is 0.652 bits per heavy atom. The van der Waals surface area contributed by atoms with Crippen molar-refractivity contribution in [2.24, 2.45) is 5.92 Å². The number of aliphatic hydroxyl groups excluding tert-OH is 1. The standard InChI is InChI=1S/C40H68O6/c1-4-6-7-8-9-10-11-12-13-17-20-23-26-30-37(42)31-28-33-40(44)46-38(34-41)35-45-39(43)32-27-24-21-18-15-14-16-19-22-25-29-36(3)5-2/h9-10,12-13,20,23,26,30,36,38,41H,4-8,11,14-19,21-22,24-25,27-29,31-35H2,1-3H3/b10-9-,13-12-,23-20-,30-26+/t36?,38-/m0/s1. The van der Waals surface area contributed by atoms with E-state index in [0.29, 0.717) is 12.8 Å². The third kappa shape index (κ3) is 31.5. The monoisotopic (exact) mass is 645 g/mol. The fourth-order valence-corrected chi connectivity index (χ4v) is 4.89. The van der Waals surface area contributed by atoms with Gasteiger partial charge >= 0.3 is 11.9 Å². The number of ether oxygens (including phenoxy) is 2. The summed E-state index contributed by atoms with van der Waals surface area (Å²) in [5, 5.41) is 9.51. The lowest BCUT2D eigenvalue weighted by atomic mass is 9.99. The van der Waals surface area contributed by atoms with Crippen LogP contribution in [0.2, 0.25) is 0 Å². The number of esters is 2. The number of carbonyl (C=O) groups excluding carboxylic acids is 3. The van der Waals surface area contributed by atoms with E-state index in [0.717, 1.165) is 44.4 Å². The number of hydrogen-bond donors (Lipinski definition) is 1. The Kier molecular flexibility index (Phi) is 32.1. The average molecular weight is 645 g/mol. The molecule has 0 amide bonds. The van der Waals surface area contributed by atoms with Gasteiger partial charge in [-0.25, -0.2) is 0 Å². The highest BCUT2D eigenvalue weighted by Crippen LogP contribution is 2.15. The smallest absolute Gasteiger partial charge is 0.306 e. The molecule has 0 aliphatic heterocycles. The Bertz CT molecular complexity index is 856. The van der Waals surface area contributed by atoms with Crippen LogP contribution >= 0.6 is 0 Å². The van der Waals surface area contributed by atoms with Crippen molar-refractivity contribution >= 4 is 17.7 Å². The maximum atomic E-state index is 12.1. The van der Waals surface area contributed by atoms with Gasteiger partial charge in [-0.2, -0.15) is 0 Å². The van der Waals surface area contributed by atoms with E-state index in [9.17, 15) is 19.5 Å². The summed E-state index contributed by atoms with van der Waals surface area (Å²) >= 11 is 0. The highest BCUT2D eigenvalue weighted by atomic mass is 16.6. The van der Waals surface area contributed by atoms with Crippen molar-refractivity contribution in [2.45, 2.75) is 168 Å². The maximum absolute atomic E-state index is 12.1. The van der Waals surface area contributed by atoms with Crippen LogP contribution in [0.1, 0.15) is 162 Å². The van der Waals surface area contributed by atoms with Gasteiger partial charge in [-0.05, 0) is 50.5 Å². The minimum Gasteiger partial charge on any atom is -0.462 e. The molecule has 1 N–H and O–H groups in total. The van der Waals surface area contributed by atoms with Gasteiger partial charge in [-0.3, -0.25) is 14.4 Å². The first-order chi connectivity index (χ1) is 22.4. The van der Waals surface area contributed by atoms with Crippen LogP contribution in [-0.2, 0) is 23.9 Å². The fraction of sp³-hybridized carbons (Fsp3) is 0.725. The van der Waals surface area contributed by atoms with Crippen LogP contribution in [0, 0.1) is 5.92 Å². The second kappa shape index (κ2) is 33.9. The number of carbonyl (C=O) groups is 3. The van der Waals surface area contributed by atoms with Crippen molar-refractivity contribution in [3.8, 4) is 0 Å². The first-order valence-electron chi connectivity index (χ1n) is 18.5. The molecule has 0 saturated carbocycles. The van der Waals surface area contributed by atoms with Crippen molar-refractivity contribution in [1.82, 2.24) is 0 Å². The van der Waals surface area contributed by atoms with E-state index in [1.807, 2.05) is 12.2 Å². The lowest BCUT2D eigenvalue weighted by Crippen LogP contribution is -2.28.